The smallest absolute Gasteiger partial charge is 0.163 e. The maximum Gasteiger partial charge on any atom is 0.163 e. The average Bonchev–Trinajstić information content (AvgIpc) is 2.92. The Bertz CT molecular complexity index is 1430. The van der Waals surface area contributed by atoms with Gasteiger partial charge in [0.15, 0.2) is 11.5 Å². The zero-order chi connectivity index (χ0) is 26.9. The molecule has 0 saturated carbocycles. The second kappa shape index (κ2) is 12.7. The van der Waals surface area contributed by atoms with Crippen LogP contribution in [0.4, 0.5) is 11.4 Å². The molecule has 0 spiro atoms. The van der Waals surface area contributed by atoms with Crippen molar-refractivity contribution >= 4 is 22.3 Å². The van der Waals surface area contributed by atoms with Crippen LogP contribution in [0.5, 0.6) is 23.0 Å². The molecule has 0 saturated heterocycles. The highest BCUT2D eigenvalue weighted by molar-refractivity contribution is 5.97. The first-order chi connectivity index (χ1) is 18.5. The minimum atomic E-state index is 0.341. The number of aromatic nitrogens is 2. The molecule has 2 aromatic heterocycles. The van der Waals surface area contributed by atoms with Gasteiger partial charge in [0, 0.05) is 43.3 Å². The number of fused-ring (bicyclic) bond motifs is 1. The van der Waals surface area contributed by atoms with Crippen molar-refractivity contribution in [1.29, 1.82) is 5.26 Å². The fourth-order valence-corrected chi connectivity index (χ4v) is 3.74. The van der Waals surface area contributed by atoms with E-state index in [1.54, 1.807) is 32.7 Å². The van der Waals surface area contributed by atoms with E-state index in [0.717, 1.165) is 22.3 Å². The van der Waals surface area contributed by atoms with Crippen LogP contribution in [-0.4, -0.2) is 50.6 Å². The molecule has 38 heavy (non-hydrogen) atoms. The maximum absolute atomic E-state index is 9.84. The molecule has 0 fully saturated rings. The molecule has 0 unspecified atom stereocenters. The highest BCUT2D eigenvalue weighted by atomic mass is 16.5. The third kappa shape index (κ3) is 6.48. The van der Waals surface area contributed by atoms with E-state index in [4.69, 9.17) is 23.7 Å². The van der Waals surface area contributed by atoms with Crippen molar-refractivity contribution in [2.24, 2.45) is 0 Å². The van der Waals surface area contributed by atoms with Crippen LogP contribution in [0.15, 0.2) is 54.9 Å². The molecule has 0 amide bonds. The third-order valence-corrected chi connectivity index (χ3v) is 5.70. The molecule has 1 N–H and O–H groups in total. The van der Waals surface area contributed by atoms with E-state index in [1.165, 1.54) is 0 Å². The largest absolute Gasteiger partial charge is 0.487 e. The molecule has 0 radical (unpaired) electrons. The summed E-state index contributed by atoms with van der Waals surface area (Å²) in [5, 5.41) is 14.0. The van der Waals surface area contributed by atoms with Gasteiger partial charge in [-0.1, -0.05) is 0 Å². The van der Waals surface area contributed by atoms with Gasteiger partial charge in [-0.3, -0.25) is 9.97 Å². The summed E-state index contributed by atoms with van der Waals surface area (Å²) >= 11 is 0. The summed E-state index contributed by atoms with van der Waals surface area (Å²) in [7, 11) is 3.23. The quantitative estimate of drug-likeness (QED) is 0.238. The summed E-state index contributed by atoms with van der Waals surface area (Å²) < 4.78 is 28.0. The molecular formula is C29H30N4O5. The lowest BCUT2D eigenvalue weighted by molar-refractivity contribution is 0.132. The zero-order valence-electron chi connectivity index (χ0n) is 21.9. The van der Waals surface area contributed by atoms with Crippen LogP contribution in [0, 0.1) is 25.2 Å². The molecule has 196 valence electrons. The summed E-state index contributed by atoms with van der Waals surface area (Å²) in [6, 6.07) is 15.4. The van der Waals surface area contributed by atoms with Crippen LogP contribution in [0.3, 0.4) is 0 Å². The predicted octanol–water partition coefficient (Wildman–Crippen LogP) is 5.70. The maximum atomic E-state index is 9.84. The van der Waals surface area contributed by atoms with E-state index >= 15 is 0 Å². The normalized spacial score (nSPS) is 10.7. The molecule has 4 rings (SSSR count). The van der Waals surface area contributed by atoms with Crippen LogP contribution in [0.2, 0.25) is 0 Å². The van der Waals surface area contributed by atoms with Gasteiger partial charge in [-0.25, -0.2) is 0 Å². The van der Waals surface area contributed by atoms with Gasteiger partial charge in [-0.2, -0.15) is 5.26 Å². The number of rotatable bonds is 12. The first-order valence-electron chi connectivity index (χ1n) is 12.1. The highest BCUT2D eigenvalue weighted by Crippen LogP contribution is 2.38. The summed E-state index contributed by atoms with van der Waals surface area (Å²) in [5.74, 6) is 2.44. The van der Waals surface area contributed by atoms with E-state index in [-0.39, 0.29) is 0 Å². The van der Waals surface area contributed by atoms with Crippen LogP contribution in [0.25, 0.3) is 10.9 Å². The minimum Gasteiger partial charge on any atom is -0.487 e. The number of anilines is 2. The Labute approximate surface area is 221 Å². The Balaban J connectivity index is 1.67. The molecule has 0 aliphatic rings. The van der Waals surface area contributed by atoms with E-state index in [0.29, 0.717) is 66.2 Å². The molecule has 9 nitrogen and oxygen atoms in total. The van der Waals surface area contributed by atoms with E-state index in [2.05, 4.69) is 21.4 Å². The number of hydrogen-bond acceptors (Lipinski definition) is 9. The Morgan fingerprint density at radius 2 is 1.55 bits per heavy atom. The summed E-state index contributed by atoms with van der Waals surface area (Å²) in [6.45, 7) is 5.44. The number of nitrogens with one attached hydrogen (secondary N) is 1. The van der Waals surface area contributed by atoms with Crippen LogP contribution in [0.1, 0.15) is 16.8 Å². The molecule has 2 aromatic carbocycles. The summed E-state index contributed by atoms with van der Waals surface area (Å²) in [4.78, 5) is 8.76. The van der Waals surface area contributed by atoms with Crippen molar-refractivity contribution in [1.82, 2.24) is 9.97 Å². The topological polar surface area (TPSA) is 108 Å². The van der Waals surface area contributed by atoms with Gasteiger partial charge in [-0.15, -0.1) is 0 Å². The van der Waals surface area contributed by atoms with Crippen molar-refractivity contribution in [2.45, 2.75) is 13.8 Å². The second-order valence-corrected chi connectivity index (χ2v) is 8.50. The van der Waals surface area contributed by atoms with Crippen molar-refractivity contribution in [3.8, 4) is 29.1 Å². The first-order valence-corrected chi connectivity index (χ1v) is 12.1. The van der Waals surface area contributed by atoms with Crippen LogP contribution < -0.4 is 19.5 Å². The van der Waals surface area contributed by atoms with Gasteiger partial charge in [0.05, 0.1) is 36.2 Å². The molecule has 0 aliphatic heterocycles. The van der Waals surface area contributed by atoms with Crippen LogP contribution >= 0.6 is 0 Å². The summed E-state index contributed by atoms with van der Waals surface area (Å²) in [6.07, 6.45) is 3.24. The fraction of sp³-hybridized carbons (Fsp3) is 0.276. The first kappa shape index (κ1) is 26.7. The zero-order valence-corrected chi connectivity index (χ0v) is 21.9. The number of nitriles is 1. The second-order valence-electron chi connectivity index (χ2n) is 8.50. The van der Waals surface area contributed by atoms with Crippen molar-refractivity contribution in [3.05, 3.63) is 71.7 Å². The third-order valence-electron chi connectivity index (χ3n) is 5.70. The van der Waals surface area contributed by atoms with Gasteiger partial charge in [-0.05, 0) is 55.8 Å². The number of aryl methyl sites for hydroxylation is 2. The number of benzene rings is 2. The molecule has 0 aliphatic carbocycles. The Hall–Kier alpha value is -4.39. The van der Waals surface area contributed by atoms with Gasteiger partial charge in [0.25, 0.3) is 0 Å². The van der Waals surface area contributed by atoms with Crippen molar-refractivity contribution in [2.75, 3.05) is 46.0 Å². The Morgan fingerprint density at radius 3 is 2.18 bits per heavy atom. The van der Waals surface area contributed by atoms with Gasteiger partial charge < -0.3 is 29.0 Å². The van der Waals surface area contributed by atoms with Gasteiger partial charge in [0.2, 0.25) is 0 Å². The molecule has 0 bridgehead atoms. The van der Waals surface area contributed by atoms with E-state index in [1.807, 2.05) is 50.2 Å². The SMILES string of the molecule is COCCOc1cc2ncc(C#N)c(Nc3ccc(Oc4ccc(C)nc4)c(C)c3)c2cc1OCCOC. The molecular weight excluding hydrogens is 484 g/mol. The fourth-order valence-electron chi connectivity index (χ4n) is 3.74. The summed E-state index contributed by atoms with van der Waals surface area (Å²) in [5.41, 5.74) is 4.31. The van der Waals surface area contributed by atoms with Gasteiger partial charge in [0.1, 0.15) is 30.8 Å². The number of ether oxygens (including phenoxy) is 5. The van der Waals surface area contributed by atoms with Crippen molar-refractivity contribution in [3.63, 3.8) is 0 Å². The van der Waals surface area contributed by atoms with E-state index < -0.39 is 0 Å². The molecule has 0 atom stereocenters. The monoisotopic (exact) mass is 514 g/mol. The lowest BCUT2D eigenvalue weighted by Crippen LogP contribution is -2.09. The van der Waals surface area contributed by atoms with Crippen LogP contribution in [-0.2, 0) is 9.47 Å². The lowest BCUT2D eigenvalue weighted by atomic mass is 10.1. The number of methoxy groups -OCH3 is 2. The molecule has 4 aromatic rings. The highest BCUT2D eigenvalue weighted by Gasteiger charge is 2.16. The number of nitrogens with zero attached hydrogens (tertiary/aromatic N) is 3. The predicted molar refractivity (Wildman–Crippen MR) is 145 cm³/mol. The molecule has 2 heterocycles. The van der Waals surface area contributed by atoms with Gasteiger partial charge >= 0.3 is 0 Å². The molecule has 9 heteroatoms. The average molecular weight is 515 g/mol. The number of hydrogen-bond donors (Lipinski definition) is 1. The lowest BCUT2D eigenvalue weighted by Gasteiger charge is -2.17. The Kier molecular flexibility index (Phi) is 8.93. The Morgan fingerprint density at radius 1 is 0.816 bits per heavy atom. The number of pyridine rings is 2. The minimum absolute atomic E-state index is 0.341. The van der Waals surface area contributed by atoms with E-state index in [9.17, 15) is 5.26 Å². The van der Waals surface area contributed by atoms with Crippen molar-refractivity contribution < 1.29 is 23.7 Å². The standard InChI is InChI=1S/C29H30N4O5/c1-19-13-22(6-8-26(19)38-23-7-5-20(2)31-18-23)33-29-21(16-30)17-32-25-15-28(37-12-10-35-4)27(14-24(25)29)36-11-9-34-3/h5-8,13-15,17-18H,9-12H2,1-4H3,(H,32,33).